The van der Waals surface area contributed by atoms with E-state index in [9.17, 15) is 9.59 Å². The summed E-state index contributed by atoms with van der Waals surface area (Å²) in [7, 11) is 0. The van der Waals surface area contributed by atoms with Crippen molar-refractivity contribution in [2.75, 3.05) is 0 Å². The van der Waals surface area contributed by atoms with Crippen molar-refractivity contribution in [3.63, 3.8) is 0 Å². The van der Waals surface area contributed by atoms with E-state index < -0.39 is 6.51 Å². The molecule has 90 valence electrons. The molecule has 0 bridgehead atoms. The Kier molecular flexibility index (Phi) is 0.203. The molecule has 0 amide bonds. The quantitative estimate of drug-likeness (QED) is 0.576. The Morgan fingerprint density at radius 2 is 1.12 bits per heavy atom. The van der Waals surface area contributed by atoms with Crippen LogP contribution in [-0.2, 0) is 16.1 Å². The van der Waals surface area contributed by atoms with Crippen molar-refractivity contribution in [2.24, 2.45) is 0 Å². The average molecular weight is 311 g/mol. The zero-order chi connectivity index (χ0) is 11.1. The normalized spacial score (nSPS) is 123. The maximum atomic E-state index is 12.3. The third kappa shape index (κ3) is 0.0598. The predicted octanol–water partition coefficient (Wildman–Crippen LogP) is 3.65. The van der Waals surface area contributed by atoms with Crippen molar-refractivity contribution in [2.45, 2.75) is 47.2 Å². The molecule has 0 radical (unpaired) electrons. The molecular weight excluding hydrogens is 303 g/mol. The molecule has 10 fully saturated rings. The summed E-state index contributed by atoms with van der Waals surface area (Å²) in [5.74, 6) is 0. The molecule has 0 aromatic rings. The zero-order valence-corrected chi connectivity index (χ0v) is 11.2. The van der Waals surface area contributed by atoms with E-state index in [0.29, 0.717) is 9.63 Å². The van der Waals surface area contributed by atoms with Crippen LogP contribution >= 0.6 is 23.2 Å². The van der Waals surface area contributed by atoms with Gasteiger partial charge < -0.3 is 0 Å². The molecule has 2 nitrogen and oxygen atoms in total. The molecule has 10 saturated heterocycles. The second-order valence-corrected chi connectivity index (χ2v) is 34.2. The standard InChI is InChI=1S/C7H3Cl2O2.C5H5.Fe/c8-6(10)4-2-1-3-5(4)7(9)11;1-2-4-5-3-1;/h1-3H;1-5H;. The molecule has 0 aromatic heterocycles. The van der Waals surface area contributed by atoms with Crippen molar-refractivity contribution in [1.82, 2.24) is 0 Å². The van der Waals surface area contributed by atoms with Crippen molar-refractivity contribution < 1.29 is 16.1 Å². The second kappa shape index (κ2) is 0.513. The van der Waals surface area contributed by atoms with E-state index in [1.165, 1.54) is 0 Å². The van der Waals surface area contributed by atoms with Crippen LogP contribution in [0.5, 0.6) is 0 Å². The van der Waals surface area contributed by atoms with Gasteiger partial charge in [-0.2, -0.15) is 0 Å². The van der Waals surface area contributed by atoms with Gasteiger partial charge in [-0.15, -0.1) is 0 Å². The van der Waals surface area contributed by atoms with Crippen molar-refractivity contribution in [1.29, 1.82) is 0 Å². The molecule has 0 aliphatic carbocycles. The van der Waals surface area contributed by atoms with Gasteiger partial charge in [0.15, 0.2) is 0 Å². The monoisotopic (exact) mass is 310 g/mol. The van der Waals surface area contributed by atoms with E-state index in [1.807, 2.05) is 0 Å². The van der Waals surface area contributed by atoms with Crippen molar-refractivity contribution >= 4 is 33.7 Å². The minimum absolute atomic E-state index is 0.104. The molecule has 17 heavy (non-hydrogen) atoms. The SMILES string of the molecule is O=C(Cl)[C]12[CH]3[CH]4[CH]5[C]1(C(=O)Cl)[Fe]43521678[CH]2[CH]1[CH]6[CH]7[CH]28. The van der Waals surface area contributed by atoms with E-state index in [2.05, 4.69) is 0 Å². The Morgan fingerprint density at radius 3 is 1.24 bits per heavy atom. The van der Waals surface area contributed by atoms with Crippen LogP contribution in [0.1, 0.15) is 0 Å². The summed E-state index contributed by atoms with van der Waals surface area (Å²) in [6.07, 6.45) is 0. The van der Waals surface area contributed by atoms with Crippen molar-refractivity contribution in [3.8, 4) is 0 Å². The molecule has 1 spiro atoms. The van der Waals surface area contributed by atoms with Gasteiger partial charge in [0.25, 0.3) is 0 Å². The van der Waals surface area contributed by atoms with Gasteiger partial charge >= 0.3 is 96.9 Å². The Morgan fingerprint density at radius 1 is 0.765 bits per heavy atom. The topological polar surface area (TPSA) is 34.1 Å². The fourth-order valence-corrected chi connectivity index (χ4v) is 96.0. The van der Waals surface area contributed by atoms with Gasteiger partial charge in [0, 0.05) is 0 Å². The van der Waals surface area contributed by atoms with E-state index >= 15 is 0 Å². The third-order valence-electron chi connectivity index (χ3n) is 15.4. The number of carbonyl (C=O) groups is 2. The van der Waals surface area contributed by atoms with E-state index in [-0.39, 0.29) is 19.1 Å². The van der Waals surface area contributed by atoms with Crippen LogP contribution in [0, 0.1) is 0 Å². The number of rotatable bonds is 2. The number of hydrogen-bond acceptors (Lipinski definition) is 2. The van der Waals surface area contributed by atoms with E-state index in [0.717, 1.165) is 28.9 Å². The summed E-state index contributed by atoms with van der Waals surface area (Å²) in [5.41, 5.74) is 0. The number of carbonyl (C=O) groups excluding carboxylic acids is 2. The summed E-state index contributed by atoms with van der Waals surface area (Å²) in [5, 5.41) is -0.207. The van der Waals surface area contributed by atoms with Gasteiger partial charge in [-0.05, 0) is 0 Å². The van der Waals surface area contributed by atoms with Crippen molar-refractivity contribution in [3.05, 3.63) is 0 Å². The summed E-state index contributed by atoms with van der Waals surface area (Å²) >= 11 is 12.2. The molecule has 10 heterocycles. The van der Waals surface area contributed by atoms with Crippen LogP contribution in [0.25, 0.3) is 0 Å². The Bertz CT molecular complexity index is 1000. The number of fused-ring (bicyclic) bond motifs is 10. The molecule has 0 aromatic carbocycles. The fraction of sp³-hybridized carbons (Fsp3) is 0.833. The fourth-order valence-electron chi connectivity index (χ4n) is 17.7. The van der Waals surface area contributed by atoms with Crippen LogP contribution in [0.15, 0.2) is 0 Å². The molecule has 4 atom stereocenters. The summed E-state index contributed by atoms with van der Waals surface area (Å²) < 4.78 is -0.487. The summed E-state index contributed by atoms with van der Waals surface area (Å²) in [6, 6.07) is 0. The first-order valence-electron chi connectivity index (χ1n) is 6.43. The van der Waals surface area contributed by atoms with E-state index in [1.54, 1.807) is 0 Å². The maximum absolute atomic E-state index is 12.3. The molecular formula is C12H8Cl2FeO2. The number of halogens is 2. The number of hydrogen-bond donors (Lipinski definition) is 0. The molecule has 0 N–H and O–H groups in total. The second-order valence-electron chi connectivity index (χ2n) is 10.3. The first-order chi connectivity index (χ1) is 7.82. The molecule has 10 aliphatic heterocycles. The Balaban J connectivity index is 1.81. The average Bonchev–Trinajstić information content (AvgIpc) is 3.22. The molecule has 10 aliphatic rings. The van der Waals surface area contributed by atoms with Crippen LogP contribution in [-0.4, -0.2) is 10.5 Å². The minimum atomic E-state index is -3.86. The first-order valence-corrected chi connectivity index (χ1v) is 13.4. The van der Waals surface area contributed by atoms with Gasteiger partial charge in [-0.3, -0.25) is 0 Å². The first kappa shape index (κ1) is 6.74. The van der Waals surface area contributed by atoms with Gasteiger partial charge in [0.1, 0.15) is 0 Å². The van der Waals surface area contributed by atoms with Gasteiger partial charge in [-0.25, -0.2) is 0 Å². The van der Waals surface area contributed by atoms with Gasteiger partial charge in [0.05, 0.1) is 0 Å². The molecule has 0 saturated carbocycles. The Hall–Kier alpha value is 0.439. The molecule has 10 rings (SSSR count). The van der Waals surface area contributed by atoms with Gasteiger partial charge in [0.2, 0.25) is 0 Å². The van der Waals surface area contributed by atoms with Crippen LogP contribution in [0.4, 0.5) is 0 Å². The van der Waals surface area contributed by atoms with Crippen LogP contribution in [0.3, 0.4) is 0 Å². The zero-order valence-electron chi connectivity index (χ0n) is 8.54. The molecule has 5 heteroatoms. The van der Waals surface area contributed by atoms with E-state index in [4.69, 9.17) is 23.2 Å². The summed E-state index contributed by atoms with van der Waals surface area (Å²) in [4.78, 5) is 31.4. The third-order valence-corrected chi connectivity index (χ3v) is 59.0. The predicted molar refractivity (Wildman–Crippen MR) is 57.1 cm³/mol. The van der Waals surface area contributed by atoms with Gasteiger partial charge in [-0.1, -0.05) is 0 Å². The van der Waals surface area contributed by atoms with Crippen LogP contribution in [0.2, 0.25) is 47.2 Å². The van der Waals surface area contributed by atoms with Crippen LogP contribution < -0.4 is 0 Å². The Labute approximate surface area is 96.7 Å². The summed E-state index contributed by atoms with van der Waals surface area (Å²) in [6.45, 7) is -3.86. The molecule has 4 unspecified atom stereocenters.